The molecule has 17 heavy (non-hydrogen) atoms. The Morgan fingerprint density at radius 3 is 3.00 bits per heavy atom. The minimum absolute atomic E-state index is 0.646. The first kappa shape index (κ1) is 12.9. The first-order chi connectivity index (χ1) is 8.16. The van der Waals surface area contributed by atoms with Gasteiger partial charge in [0, 0.05) is 24.7 Å². The lowest BCUT2D eigenvalue weighted by molar-refractivity contribution is 0.866. The van der Waals surface area contributed by atoms with Crippen LogP contribution in [0.2, 0.25) is 5.02 Å². The zero-order chi connectivity index (χ0) is 12.3. The molecular weight excluding hydrogens is 320 g/mol. The highest BCUT2D eigenvalue weighted by Crippen LogP contribution is 2.25. The monoisotopic (exact) mass is 330 g/mol. The Balaban J connectivity index is 2.01. The van der Waals surface area contributed by atoms with Gasteiger partial charge >= 0.3 is 0 Å². The van der Waals surface area contributed by atoms with Crippen LogP contribution in [0.3, 0.4) is 0 Å². The number of thiophene rings is 1. The van der Waals surface area contributed by atoms with E-state index in [1.54, 1.807) is 17.5 Å². The van der Waals surface area contributed by atoms with Gasteiger partial charge in [-0.2, -0.15) is 0 Å². The molecule has 0 amide bonds. The van der Waals surface area contributed by atoms with Crippen molar-refractivity contribution in [3.8, 4) is 0 Å². The minimum Gasteiger partial charge on any atom is -0.358 e. The standard InChI is InChI=1S/C12H12BrClN2S/c1-16(5-4-10-3-2-6-17-10)12-11(13)7-9(14)8-15-12/h2-3,6-8H,4-5H2,1H3. The summed E-state index contributed by atoms with van der Waals surface area (Å²) in [7, 11) is 2.04. The Morgan fingerprint density at radius 2 is 2.35 bits per heavy atom. The number of hydrogen-bond acceptors (Lipinski definition) is 3. The van der Waals surface area contributed by atoms with Crippen molar-refractivity contribution >= 4 is 44.7 Å². The fourth-order valence-electron chi connectivity index (χ4n) is 1.53. The summed E-state index contributed by atoms with van der Waals surface area (Å²) in [5.41, 5.74) is 0. The van der Waals surface area contributed by atoms with Gasteiger partial charge in [0.1, 0.15) is 5.82 Å². The fraction of sp³-hybridized carbons (Fsp3) is 0.250. The van der Waals surface area contributed by atoms with Crippen LogP contribution in [0.4, 0.5) is 5.82 Å². The number of aromatic nitrogens is 1. The molecule has 2 rings (SSSR count). The van der Waals surface area contributed by atoms with Crippen LogP contribution >= 0.6 is 38.9 Å². The van der Waals surface area contributed by atoms with Gasteiger partial charge in [-0.05, 0) is 39.9 Å². The molecule has 2 nitrogen and oxygen atoms in total. The molecular formula is C12H12BrClN2S. The molecule has 0 aromatic carbocycles. The smallest absolute Gasteiger partial charge is 0.142 e. The maximum Gasteiger partial charge on any atom is 0.142 e. The van der Waals surface area contributed by atoms with Crippen molar-refractivity contribution in [2.75, 3.05) is 18.5 Å². The molecule has 0 aliphatic heterocycles. The van der Waals surface area contributed by atoms with Crippen molar-refractivity contribution < 1.29 is 0 Å². The second-order valence-corrected chi connectivity index (χ2v) is 6.03. The van der Waals surface area contributed by atoms with E-state index in [0.717, 1.165) is 23.3 Å². The summed E-state index contributed by atoms with van der Waals surface area (Å²) in [5.74, 6) is 0.922. The number of nitrogens with zero attached hydrogens (tertiary/aromatic N) is 2. The van der Waals surface area contributed by atoms with Gasteiger partial charge in [0.05, 0.1) is 9.50 Å². The van der Waals surface area contributed by atoms with Crippen molar-refractivity contribution in [3.05, 3.63) is 44.1 Å². The molecule has 0 radical (unpaired) electrons. The van der Waals surface area contributed by atoms with Gasteiger partial charge in [-0.15, -0.1) is 11.3 Å². The van der Waals surface area contributed by atoms with Gasteiger partial charge in [0.2, 0.25) is 0 Å². The molecule has 0 spiro atoms. The van der Waals surface area contributed by atoms with E-state index in [4.69, 9.17) is 11.6 Å². The number of hydrogen-bond donors (Lipinski definition) is 0. The van der Waals surface area contributed by atoms with Gasteiger partial charge in [-0.1, -0.05) is 17.7 Å². The molecule has 0 N–H and O–H groups in total. The van der Waals surface area contributed by atoms with Gasteiger partial charge in [0.25, 0.3) is 0 Å². The largest absolute Gasteiger partial charge is 0.358 e. The van der Waals surface area contributed by atoms with Crippen molar-refractivity contribution in [3.63, 3.8) is 0 Å². The van der Waals surface area contributed by atoms with E-state index in [0.29, 0.717) is 5.02 Å². The van der Waals surface area contributed by atoms with E-state index in [1.807, 2.05) is 13.1 Å². The Hall–Kier alpha value is -0.580. The molecule has 0 unspecified atom stereocenters. The first-order valence-electron chi connectivity index (χ1n) is 5.21. The van der Waals surface area contributed by atoms with Gasteiger partial charge < -0.3 is 4.90 Å². The Labute approximate surface area is 118 Å². The van der Waals surface area contributed by atoms with E-state index in [9.17, 15) is 0 Å². The molecule has 2 heterocycles. The van der Waals surface area contributed by atoms with Crippen LogP contribution in [-0.4, -0.2) is 18.6 Å². The molecule has 0 fully saturated rings. The summed E-state index contributed by atoms with van der Waals surface area (Å²) in [5, 5.41) is 2.75. The van der Waals surface area contributed by atoms with Crippen molar-refractivity contribution in [2.45, 2.75) is 6.42 Å². The molecule has 0 aliphatic rings. The average molecular weight is 332 g/mol. The van der Waals surface area contributed by atoms with Crippen LogP contribution in [0.5, 0.6) is 0 Å². The summed E-state index contributed by atoms with van der Waals surface area (Å²) in [6, 6.07) is 6.10. The van der Waals surface area contributed by atoms with Crippen LogP contribution in [0.15, 0.2) is 34.2 Å². The highest BCUT2D eigenvalue weighted by atomic mass is 79.9. The molecule has 0 saturated carbocycles. The fourth-order valence-corrected chi connectivity index (χ4v) is 3.17. The Kier molecular flexibility index (Phi) is 4.42. The van der Waals surface area contributed by atoms with E-state index >= 15 is 0 Å². The van der Waals surface area contributed by atoms with E-state index in [1.165, 1.54) is 4.88 Å². The lowest BCUT2D eigenvalue weighted by Gasteiger charge is -2.19. The zero-order valence-electron chi connectivity index (χ0n) is 9.36. The number of anilines is 1. The SMILES string of the molecule is CN(CCc1cccs1)c1ncc(Cl)cc1Br. The summed E-state index contributed by atoms with van der Waals surface area (Å²) in [6.45, 7) is 0.938. The van der Waals surface area contributed by atoms with Crippen LogP contribution in [-0.2, 0) is 6.42 Å². The van der Waals surface area contributed by atoms with E-state index in [2.05, 4.69) is 43.3 Å². The normalized spacial score (nSPS) is 10.5. The van der Waals surface area contributed by atoms with Crippen LogP contribution in [0, 0.1) is 0 Å². The van der Waals surface area contributed by atoms with Gasteiger partial charge in [-0.25, -0.2) is 4.98 Å². The predicted octanol–water partition coefficient (Wildman–Crippen LogP) is 4.24. The third-order valence-corrected chi connectivity index (χ3v) is 4.15. The van der Waals surface area contributed by atoms with E-state index in [-0.39, 0.29) is 0 Å². The number of likely N-dealkylation sites (N-methyl/N-ethyl adjacent to an activating group) is 1. The number of halogens is 2. The molecule has 2 aromatic heterocycles. The van der Waals surface area contributed by atoms with Crippen LogP contribution in [0.25, 0.3) is 0 Å². The highest BCUT2D eigenvalue weighted by molar-refractivity contribution is 9.10. The Morgan fingerprint density at radius 1 is 1.53 bits per heavy atom. The second kappa shape index (κ2) is 5.85. The summed E-state index contributed by atoms with van der Waals surface area (Å²) >= 11 is 11.1. The van der Waals surface area contributed by atoms with Gasteiger partial charge in [0.15, 0.2) is 0 Å². The highest BCUT2D eigenvalue weighted by Gasteiger charge is 2.08. The molecule has 0 atom stereocenters. The second-order valence-electron chi connectivity index (χ2n) is 3.71. The molecule has 5 heteroatoms. The quantitative estimate of drug-likeness (QED) is 0.833. The molecule has 0 bridgehead atoms. The Bertz CT molecular complexity index is 487. The first-order valence-corrected chi connectivity index (χ1v) is 7.26. The van der Waals surface area contributed by atoms with Crippen molar-refractivity contribution in [1.82, 2.24) is 4.98 Å². The summed E-state index contributed by atoms with van der Waals surface area (Å²) in [4.78, 5) is 7.84. The predicted molar refractivity (Wildman–Crippen MR) is 78.2 cm³/mol. The van der Waals surface area contributed by atoms with Crippen molar-refractivity contribution in [2.24, 2.45) is 0 Å². The lowest BCUT2D eigenvalue weighted by atomic mass is 10.3. The third-order valence-electron chi connectivity index (χ3n) is 2.42. The number of rotatable bonds is 4. The lowest BCUT2D eigenvalue weighted by Crippen LogP contribution is -2.21. The molecule has 90 valence electrons. The van der Waals surface area contributed by atoms with Gasteiger partial charge in [-0.3, -0.25) is 0 Å². The van der Waals surface area contributed by atoms with Crippen LogP contribution in [0.1, 0.15) is 4.88 Å². The third kappa shape index (κ3) is 3.44. The summed E-state index contributed by atoms with van der Waals surface area (Å²) < 4.78 is 0.929. The van der Waals surface area contributed by atoms with Crippen molar-refractivity contribution in [1.29, 1.82) is 0 Å². The van der Waals surface area contributed by atoms with E-state index < -0.39 is 0 Å². The topological polar surface area (TPSA) is 16.1 Å². The molecule has 2 aromatic rings. The molecule has 0 saturated heterocycles. The average Bonchev–Trinajstić information content (AvgIpc) is 2.78. The maximum atomic E-state index is 5.87. The zero-order valence-corrected chi connectivity index (χ0v) is 12.5. The molecule has 0 aliphatic carbocycles. The minimum atomic E-state index is 0.646. The van der Waals surface area contributed by atoms with Crippen LogP contribution < -0.4 is 4.90 Å². The number of pyridine rings is 1. The summed E-state index contributed by atoms with van der Waals surface area (Å²) in [6.07, 6.45) is 2.70. The maximum absolute atomic E-state index is 5.87.